The van der Waals surface area contributed by atoms with Crippen molar-refractivity contribution in [2.75, 3.05) is 0 Å². The molecule has 0 aliphatic rings. The van der Waals surface area contributed by atoms with Crippen molar-refractivity contribution in [1.82, 2.24) is 9.97 Å². The zero-order valence-corrected chi connectivity index (χ0v) is 35.5. The third-order valence-electron chi connectivity index (χ3n) is 10.7. The number of aromatic nitrogens is 2. The van der Waals surface area contributed by atoms with Crippen LogP contribution >= 0.6 is 0 Å². The van der Waals surface area contributed by atoms with Crippen LogP contribution in [-0.4, -0.2) is 9.97 Å². The molecule has 0 amide bonds. The molecule has 0 unspecified atom stereocenters. The Morgan fingerprint density at radius 3 is 2.07 bits per heavy atom. The number of para-hydroxylation sites is 1. The number of fused-ring (bicyclic) bond motifs is 6. The third-order valence-corrected chi connectivity index (χ3v) is 10.7. The number of pyridine rings is 2. The van der Waals surface area contributed by atoms with Crippen LogP contribution in [0.15, 0.2) is 161 Å². The molecule has 59 heavy (non-hydrogen) atoms. The van der Waals surface area contributed by atoms with Crippen LogP contribution < -0.4 is 0 Å². The van der Waals surface area contributed by atoms with Gasteiger partial charge in [-0.25, -0.2) is 0 Å². The molecule has 6 heteroatoms. The second-order valence-corrected chi connectivity index (χ2v) is 15.0. The van der Waals surface area contributed by atoms with Crippen molar-refractivity contribution < 1.29 is 28.9 Å². The Balaban J connectivity index is 0.000000319. The van der Waals surface area contributed by atoms with Gasteiger partial charge in [-0.2, -0.15) is 5.26 Å². The standard InChI is InChI=1S/C42H31N2O2.C11H8N.Ir/c1-24(2)33-22-34-29-13-8-9-16-36(29)45-42(34)37(25(3)4)39(33)27-19-20-44-35(21-27)32-15-10-14-30-31-18-17-28(23-43)38(41(31)46-40(30)32)26-11-6-5-7-12-26;1-2-6-10(7-3-1)11-8-4-5-9-12-11;/h5-14,16-22,24-25H,1-4H3;1-6,8-9H;/q2*-1;. The summed E-state index contributed by atoms with van der Waals surface area (Å²) in [6.07, 6.45) is 3.66. The SMILES string of the molecule is CC(C)c1cc2c(oc3ccccc32)c(C(C)C)c1-c1ccnc(-c2[c-]ccc3c2oc2c(-c4ccccc4)c(C#N)ccc23)c1.[Ir].[c-]1ccccc1-c1ccccn1. The van der Waals surface area contributed by atoms with E-state index in [4.69, 9.17) is 13.8 Å². The fourth-order valence-electron chi connectivity index (χ4n) is 8.01. The summed E-state index contributed by atoms with van der Waals surface area (Å²) in [5.74, 6) is 0.516. The average molecular weight is 942 g/mol. The predicted molar refractivity (Wildman–Crippen MR) is 235 cm³/mol. The van der Waals surface area contributed by atoms with Crippen LogP contribution in [0.4, 0.5) is 0 Å². The van der Waals surface area contributed by atoms with E-state index < -0.39 is 0 Å². The van der Waals surface area contributed by atoms with E-state index in [1.54, 1.807) is 6.20 Å². The Hall–Kier alpha value is -6.64. The van der Waals surface area contributed by atoms with Gasteiger partial charge in [-0.1, -0.05) is 111 Å². The van der Waals surface area contributed by atoms with Gasteiger partial charge in [0, 0.05) is 59.8 Å². The fourth-order valence-corrected chi connectivity index (χ4v) is 8.01. The molecule has 0 saturated carbocycles. The molecular formula is C53H39IrN3O2-2. The number of nitrogens with zero attached hydrogens (tertiary/aromatic N) is 3. The molecule has 0 aliphatic carbocycles. The molecule has 0 spiro atoms. The Labute approximate surface area is 357 Å². The van der Waals surface area contributed by atoms with E-state index in [2.05, 4.69) is 81.2 Å². The maximum atomic E-state index is 10.0. The van der Waals surface area contributed by atoms with Gasteiger partial charge in [0.05, 0.1) is 17.2 Å². The first-order valence-electron chi connectivity index (χ1n) is 19.6. The van der Waals surface area contributed by atoms with Crippen LogP contribution in [0, 0.1) is 23.5 Å². The monoisotopic (exact) mass is 942 g/mol. The van der Waals surface area contributed by atoms with E-state index in [1.807, 2.05) is 115 Å². The number of furan rings is 2. The van der Waals surface area contributed by atoms with E-state index in [-0.39, 0.29) is 26.0 Å². The van der Waals surface area contributed by atoms with Crippen molar-refractivity contribution in [2.24, 2.45) is 0 Å². The molecule has 0 N–H and O–H groups in total. The van der Waals surface area contributed by atoms with Gasteiger partial charge in [0.25, 0.3) is 0 Å². The normalized spacial score (nSPS) is 11.2. The fraction of sp³-hybridized carbons (Fsp3) is 0.113. The molecule has 5 nitrogen and oxygen atoms in total. The number of nitriles is 1. The molecule has 0 saturated heterocycles. The van der Waals surface area contributed by atoms with Gasteiger partial charge in [-0.3, -0.25) is 0 Å². The zero-order chi connectivity index (χ0) is 39.8. The smallest absolute Gasteiger partial charge is 0.139 e. The van der Waals surface area contributed by atoms with E-state index in [0.29, 0.717) is 22.6 Å². The summed E-state index contributed by atoms with van der Waals surface area (Å²) in [7, 11) is 0. The largest absolute Gasteiger partial charge is 0.500 e. The van der Waals surface area contributed by atoms with Crippen molar-refractivity contribution >= 4 is 43.9 Å². The molecule has 10 aromatic rings. The molecule has 4 heterocycles. The molecular weight excluding hydrogens is 903 g/mol. The summed E-state index contributed by atoms with van der Waals surface area (Å²) in [6.45, 7) is 8.98. The summed E-state index contributed by atoms with van der Waals surface area (Å²) in [5, 5.41) is 14.2. The molecule has 0 aliphatic heterocycles. The average Bonchev–Trinajstić information content (AvgIpc) is 3.85. The van der Waals surface area contributed by atoms with Crippen molar-refractivity contribution in [3.63, 3.8) is 0 Å². The van der Waals surface area contributed by atoms with E-state index in [0.717, 1.165) is 71.9 Å². The van der Waals surface area contributed by atoms with Gasteiger partial charge >= 0.3 is 0 Å². The second-order valence-electron chi connectivity index (χ2n) is 15.0. The molecule has 6 aromatic carbocycles. The van der Waals surface area contributed by atoms with E-state index in [1.165, 1.54) is 16.7 Å². The summed E-state index contributed by atoms with van der Waals surface area (Å²) in [4.78, 5) is 9.07. The first-order valence-corrected chi connectivity index (χ1v) is 19.6. The molecule has 0 bridgehead atoms. The molecule has 10 rings (SSSR count). The number of hydrogen-bond acceptors (Lipinski definition) is 5. The van der Waals surface area contributed by atoms with Gasteiger partial charge in [0.2, 0.25) is 0 Å². The quantitative estimate of drug-likeness (QED) is 0.155. The summed E-state index contributed by atoms with van der Waals surface area (Å²) < 4.78 is 13.2. The Morgan fingerprint density at radius 2 is 1.32 bits per heavy atom. The van der Waals surface area contributed by atoms with Gasteiger partial charge in [-0.05, 0) is 75.8 Å². The van der Waals surface area contributed by atoms with Gasteiger partial charge in [0.1, 0.15) is 16.7 Å². The summed E-state index contributed by atoms with van der Waals surface area (Å²) in [6, 6.07) is 55.2. The number of rotatable bonds is 6. The van der Waals surface area contributed by atoms with Crippen LogP contribution in [0.2, 0.25) is 0 Å². The minimum Gasteiger partial charge on any atom is -0.500 e. The minimum atomic E-state index is 0. The molecule has 289 valence electrons. The molecule has 0 fully saturated rings. The minimum absolute atomic E-state index is 0. The van der Waals surface area contributed by atoms with Crippen LogP contribution in [0.1, 0.15) is 56.2 Å². The Bertz CT molecular complexity index is 3090. The molecule has 4 aromatic heterocycles. The molecule has 0 atom stereocenters. The van der Waals surface area contributed by atoms with Crippen molar-refractivity contribution in [3.8, 4) is 50.8 Å². The van der Waals surface area contributed by atoms with Crippen molar-refractivity contribution in [1.29, 1.82) is 5.26 Å². The van der Waals surface area contributed by atoms with Gasteiger partial charge < -0.3 is 18.8 Å². The van der Waals surface area contributed by atoms with Crippen LogP contribution in [0.5, 0.6) is 0 Å². The summed E-state index contributed by atoms with van der Waals surface area (Å²) in [5.41, 5.74) is 13.9. The zero-order valence-electron chi connectivity index (χ0n) is 33.1. The first kappa shape index (κ1) is 39.2. The topological polar surface area (TPSA) is 75.8 Å². The van der Waals surface area contributed by atoms with E-state index >= 15 is 0 Å². The first-order chi connectivity index (χ1) is 28.4. The predicted octanol–water partition coefficient (Wildman–Crippen LogP) is 14.3. The van der Waals surface area contributed by atoms with Crippen molar-refractivity contribution in [3.05, 3.63) is 181 Å². The Kier molecular flexibility index (Phi) is 11.1. The van der Waals surface area contributed by atoms with Crippen LogP contribution in [0.3, 0.4) is 0 Å². The van der Waals surface area contributed by atoms with E-state index in [9.17, 15) is 5.26 Å². The van der Waals surface area contributed by atoms with Gasteiger partial charge in [-0.15, -0.1) is 54.1 Å². The number of hydrogen-bond donors (Lipinski definition) is 0. The Morgan fingerprint density at radius 1 is 0.559 bits per heavy atom. The van der Waals surface area contributed by atoms with Gasteiger partial charge in [0.15, 0.2) is 0 Å². The maximum Gasteiger partial charge on any atom is 0.139 e. The third kappa shape index (κ3) is 7.25. The van der Waals surface area contributed by atoms with Crippen LogP contribution in [0.25, 0.3) is 88.6 Å². The number of benzene rings is 6. The van der Waals surface area contributed by atoms with Crippen LogP contribution in [-0.2, 0) is 20.1 Å². The maximum absolute atomic E-state index is 10.0. The molecule has 1 radical (unpaired) electrons. The van der Waals surface area contributed by atoms with Crippen molar-refractivity contribution in [2.45, 2.75) is 39.5 Å². The second kappa shape index (κ2) is 16.7. The summed E-state index contributed by atoms with van der Waals surface area (Å²) >= 11 is 0.